The van der Waals surface area contributed by atoms with Gasteiger partial charge in [-0.05, 0) is 36.6 Å². The highest BCUT2D eigenvalue weighted by molar-refractivity contribution is 7.97. The van der Waals surface area contributed by atoms with Crippen LogP contribution in [-0.4, -0.2) is 19.3 Å². The lowest BCUT2D eigenvalue weighted by molar-refractivity contribution is 0.109. The molecule has 5 heteroatoms. The largest absolute Gasteiger partial charge is 0.282 e. The molecule has 0 atom stereocenters. The number of benzene rings is 1. The summed E-state index contributed by atoms with van der Waals surface area (Å²) in [4.78, 5) is 11.4. The van der Waals surface area contributed by atoms with Crippen molar-refractivity contribution in [2.45, 2.75) is 17.7 Å². The molecule has 1 heterocycles. The Morgan fingerprint density at radius 1 is 1.33 bits per heavy atom. The Hall–Kier alpha value is -0.810. The van der Waals surface area contributed by atoms with Crippen molar-refractivity contribution in [1.29, 1.82) is 0 Å². The van der Waals surface area contributed by atoms with Gasteiger partial charge < -0.3 is 0 Å². The molecule has 0 saturated heterocycles. The number of thiol groups is 1. The van der Waals surface area contributed by atoms with Gasteiger partial charge in [-0.15, -0.1) is 12.6 Å². The fourth-order valence-corrected chi connectivity index (χ4v) is 3.49. The lowest BCUT2D eigenvalue weighted by Gasteiger charge is -2.16. The van der Waals surface area contributed by atoms with E-state index in [4.69, 9.17) is 0 Å². The molecule has 3 nitrogen and oxygen atoms in total. The third kappa shape index (κ3) is 1.94. The normalized spacial score (nSPS) is 18.2. The standard InChI is InChI=1S/C10H10O3S2/c11-10(14)8-3-4-9-7(6-8)2-1-5-15(9,12)13/h3-4,6H,1-2,5H2,(H,11,14). The highest BCUT2D eigenvalue weighted by Gasteiger charge is 2.23. The molecule has 0 spiro atoms. The summed E-state index contributed by atoms with van der Waals surface area (Å²) in [6.07, 6.45) is 1.34. The summed E-state index contributed by atoms with van der Waals surface area (Å²) in [7, 11) is -3.12. The zero-order valence-corrected chi connectivity index (χ0v) is 9.64. The monoisotopic (exact) mass is 242 g/mol. The van der Waals surface area contributed by atoms with Crippen LogP contribution in [0, 0.1) is 0 Å². The van der Waals surface area contributed by atoms with E-state index in [2.05, 4.69) is 12.6 Å². The Kier molecular flexibility index (Phi) is 2.60. The van der Waals surface area contributed by atoms with Crippen LogP contribution in [0.25, 0.3) is 0 Å². The second-order valence-corrected chi connectivity index (χ2v) is 6.03. The molecule has 2 rings (SSSR count). The first-order valence-electron chi connectivity index (χ1n) is 4.60. The van der Waals surface area contributed by atoms with Crippen LogP contribution >= 0.6 is 12.6 Å². The number of sulfone groups is 1. The van der Waals surface area contributed by atoms with Gasteiger partial charge in [0.05, 0.1) is 10.6 Å². The van der Waals surface area contributed by atoms with Gasteiger partial charge in [-0.2, -0.15) is 0 Å². The summed E-state index contributed by atoms with van der Waals surface area (Å²) in [6, 6.07) is 4.64. The van der Waals surface area contributed by atoms with Crippen molar-refractivity contribution in [2.75, 3.05) is 5.75 Å². The van der Waals surface area contributed by atoms with Crippen LogP contribution in [0.2, 0.25) is 0 Å². The van der Waals surface area contributed by atoms with Crippen molar-refractivity contribution >= 4 is 27.6 Å². The predicted octanol–water partition coefficient (Wildman–Crippen LogP) is 1.48. The van der Waals surface area contributed by atoms with Gasteiger partial charge in [0.25, 0.3) is 0 Å². The molecule has 0 aliphatic carbocycles. The number of hydrogen-bond acceptors (Lipinski definition) is 3. The Labute approximate surface area is 93.8 Å². The van der Waals surface area contributed by atoms with Crippen molar-refractivity contribution < 1.29 is 13.2 Å². The molecule has 15 heavy (non-hydrogen) atoms. The molecule has 1 aliphatic heterocycles. The topological polar surface area (TPSA) is 51.2 Å². The zero-order chi connectivity index (χ0) is 11.1. The predicted molar refractivity (Wildman–Crippen MR) is 60.1 cm³/mol. The first-order chi connectivity index (χ1) is 7.00. The van der Waals surface area contributed by atoms with Crippen LogP contribution in [0.1, 0.15) is 22.3 Å². The van der Waals surface area contributed by atoms with Crippen LogP contribution in [0.5, 0.6) is 0 Å². The van der Waals surface area contributed by atoms with E-state index in [1.165, 1.54) is 12.1 Å². The third-order valence-electron chi connectivity index (χ3n) is 2.50. The highest BCUT2D eigenvalue weighted by atomic mass is 32.2. The minimum atomic E-state index is -3.12. The second-order valence-electron chi connectivity index (χ2n) is 3.55. The van der Waals surface area contributed by atoms with Crippen molar-refractivity contribution in [2.24, 2.45) is 0 Å². The molecule has 1 aliphatic rings. The second kappa shape index (κ2) is 3.64. The maximum Gasteiger partial charge on any atom is 0.216 e. The Morgan fingerprint density at radius 3 is 2.73 bits per heavy atom. The highest BCUT2D eigenvalue weighted by Crippen LogP contribution is 2.26. The molecule has 0 radical (unpaired) electrons. The molecule has 0 aromatic heterocycles. The summed E-state index contributed by atoms with van der Waals surface area (Å²) < 4.78 is 23.3. The van der Waals surface area contributed by atoms with Gasteiger partial charge >= 0.3 is 0 Å². The van der Waals surface area contributed by atoms with E-state index in [0.29, 0.717) is 23.3 Å². The summed E-state index contributed by atoms with van der Waals surface area (Å²) in [6.45, 7) is 0. The average Bonchev–Trinajstić information content (AvgIpc) is 2.16. The molecule has 1 aromatic carbocycles. The average molecular weight is 242 g/mol. The van der Waals surface area contributed by atoms with E-state index in [9.17, 15) is 13.2 Å². The van der Waals surface area contributed by atoms with Gasteiger partial charge in [0, 0.05) is 5.56 Å². The van der Waals surface area contributed by atoms with Crippen LogP contribution < -0.4 is 0 Å². The Morgan fingerprint density at radius 2 is 2.07 bits per heavy atom. The van der Waals surface area contributed by atoms with Crippen molar-refractivity contribution in [3.8, 4) is 0 Å². The Balaban J connectivity index is 2.60. The molecule has 0 fully saturated rings. The maximum atomic E-state index is 11.7. The van der Waals surface area contributed by atoms with Gasteiger partial charge in [0.1, 0.15) is 0 Å². The van der Waals surface area contributed by atoms with Crippen molar-refractivity contribution in [3.63, 3.8) is 0 Å². The van der Waals surface area contributed by atoms with Gasteiger partial charge in [-0.3, -0.25) is 4.79 Å². The first kappa shape index (κ1) is 10.7. The third-order valence-corrected chi connectivity index (χ3v) is 4.65. The molecule has 0 bridgehead atoms. The smallest absolute Gasteiger partial charge is 0.216 e. The molecule has 0 unspecified atom stereocenters. The number of aryl methyl sites for hydroxylation is 1. The van der Waals surface area contributed by atoms with E-state index in [1.807, 2.05) is 0 Å². The number of fused-ring (bicyclic) bond motifs is 1. The molecule has 80 valence electrons. The van der Waals surface area contributed by atoms with E-state index in [0.717, 1.165) is 5.56 Å². The van der Waals surface area contributed by atoms with Crippen LogP contribution in [0.3, 0.4) is 0 Å². The van der Waals surface area contributed by atoms with E-state index < -0.39 is 9.84 Å². The van der Waals surface area contributed by atoms with E-state index in [-0.39, 0.29) is 10.9 Å². The van der Waals surface area contributed by atoms with Crippen molar-refractivity contribution in [3.05, 3.63) is 29.3 Å². The van der Waals surface area contributed by atoms with Crippen LogP contribution in [0.4, 0.5) is 0 Å². The quantitative estimate of drug-likeness (QED) is 0.759. The van der Waals surface area contributed by atoms with E-state index >= 15 is 0 Å². The summed E-state index contributed by atoms with van der Waals surface area (Å²) in [5, 5.41) is -0.333. The maximum absolute atomic E-state index is 11.7. The van der Waals surface area contributed by atoms with Crippen molar-refractivity contribution in [1.82, 2.24) is 0 Å². The zero-order valence-electron chi connectivity index (χ0n) is 7.93. The van der Waals surface area contributed by atoms with Crippen LogP contribution in [0.15, 0.2) is 23.1 Å². The molecule has 0 saturated carbocycles. The molecular weight excluding hydrogens is 232 g/mol. The molecule has 0 amide bonds. The first-order valence-corrected chi connectivity index (χ1v) is 6.69. The minimum absolute atomic E-state index is 0.203. The summed E-state index contributed by atoms with van der Waals surface area (Å²) in [5.41, 5.74) is 1.19. The van der Waals surface area contributed by atoms with Gasteiger partial charge in [-0.1, -0.05) is 0 Å². The SMILES string of the molecule is O=C(S)c1ccc2c(c1)CCCS2(=O)=O. The number of rotatable bonds is 1. The molecule has 1 aromatic rings. The fraction of sp³-hybridized carbons (Fsp3) is 0.300. The molecular formula is C10H10O3S2. The summed E-state index contributed by atoms with van der Waals surface area (Å²) in [5.74, 6) is 0.203. The lowest BCUT2D eigenvalue weighted by atomic mass is 10.1. The summed E-state index contributed by atoms with van der Waals surface area (Å²) >= 11 is 3.71. The van der Waals surface area contributed by atoms with Crippen LogP contribution in [-0.2, 0) is 16.3 Å². The Bertz CT molecular complexity index is 517. The number of carbonyl (C=O) groups excluding carboxylic acids is 1. The fourth-order valence-electron chi connectivity index (χ4n) is 1.77. The number of carbonyl (C=O) groups is 1. The lowest BCUT2D eigenvalue weighted by Crippen LogP contribution is -2.16. The van der Waals surface area contributed by atoms with E-state index in [1.54, 1.807) is 6.07 Å². The molecule has 0 N–H and O–H groups in total. The minimum Gasteiger partial charge on any atom is -0.282 e. The van der Waals surface area contributed by atoms with Gasteiger partial charge in [0.15, 0.2) is 9.84 Å². The number of hydrogen-bond donors (Lipinski definition) is 1. The van der Waals surface area contributed by atoms with Gasteiger partial charge in [-0.25, -0.2) is 8.42 Å². The van der Waals surface area contributed by atoms with Gasteiger partial charge in [0.2, 0.25) is 5.12 Å².